The Bertz CT molecular complexity index is 1840. The van der Waals surface area contributed by atoms with Gasteiger partial charge in [0.05, 0.1) is 36.3 Å². The minimum absolute atomic E-state index is 0.0123. The molecule has 0 spiro atoms. The molecule has 16 nitrogen and oxygen atoms in total. The van der Waals surface area contributed by atoms with Crippen LogP contribution in [0, 0.1) is 34.5 Å². The van der Waals surface area contributed by atoms with Gasteiger partial charge in [-0.15, -0.1) is 0 Å². The van der Waals surface area contributed by atoms with Gasteiger partial charge in [-0.05, 0) is 106 Å². The van der Waals surface area contributed by atoms with Gasteiger partial charge in [-0.2, -0.15) is 0 Å². The SMILES string of the molecule is C[C@@H]([C@H]1CC[C@@]2(O)C3=CC(=O)[C@@H]4C[C@@H](O)CC[C@]4(C)[C@H]3CC[C@]12C)[C@@H](CCC(C)(C)O)OP(=O)(O)OC[C@H]1O[C@@H](n2cnc3c(N)ncnc32)[C@H](O)[C@@H]1O. The normalized spacial score (nSPS) is 40.4. The van der Waals surface area contributed by atoms with E-state index in [9.17, 15) is 39.8 Å². The molecule has 54 heavy (non-hydrogen) atoms. The molecule has 3 saturated carbocycles. The van der Waals surface area contributed by atoms with Crippen molar-refractivity contribution < 1.29 is 53.6 Å². The Morgan fingerprint density at radius 2 is 1.83 bits per heavy atom. The predicted molar refractivity (Wildman–Crippen MR) is 194 cm³/mol. The highest BCUT2D eigenvalue weighted by Crippen LogP contribution is 2.68. The number of allylic oxidation sites excluding steroid dienone is 1. The molecular formula is C37H56N5O11P. The lowest BCUT2D eigenvalue weighted by Crippen LogP contribution is -2.59. The van der Waals surface area contributed by atoms with Crippen LogP contribution in [0.15, 0.2) is 24.3 Å². The lowest BCUT2D eigenvalue weighted by Gasteiger charge is -2.60. The number of carbonyl (C=O) groups excluding carboxylic acids is 1. The lowest BCUT2D eigenvalue weighted by molar-refractivity contribution is -0.142. The van der Waals surface area contributed by atoms with E-state index >= 15 is 0 Å². The highest BCUT2D eigenvalue weighted by molar-refractivity contribution is 7.47. The number of anilines is 1. The number of hydrogen-bond donors (Lipinski definition) is 7. The third-order valence-corrected chi connectivity index (χ3v) is 15.1. The first kappa shape index (κ1) is 39.8. The van der Waals surface area contributed by atoms with Crippen LogP contribution in [0.3, 0.4) is 0 Å². The van der Waals surface area contributed by atoms with Crippen molar-refractivity contribution in [2.24, 2.45) is 34.5 Å². The van der Waals surface area contributed by atoms with Crippen molar-refractivity contribution in [2.75, 3.05) is 12.3 Å². The van der Waals surface area contributed by atoms with Gasteiger partial charge in [-0.25, -0.2) is 19.5 Å². The molecule has 8 N–H and O–H groups in total. The second-order valence-corrected chi connectivity index (χ2v) is 19.2. The summed E-state index contributed by atoms with van der Waals surface area (Å²) < 4.78 is 32.3. The van der Waals surface area contributed by atoms with Gasteiger partial charge in [-0.3, -0.25) is 18.4 Å². The van der Waals surface area contributed by atoms with Crippen molar-refractivity contribution in [1.82, 2.24) is 19.5 Å². The predicted octanol–water partition coefficient (Wildman–Crippen LogP) is 2.95. The van der Waals surface area contributed by atoms with Crippen LogP contribution in [0.25, 0.3) is 11.2 Å². The van der Waals surface area contributed by atoms with Gasteiger partial charge >= 0.3 is 7.82 Å². The van der Waals surface area contributed by atoms with Crippen LogP contribution in [0.1, 0.15) is 98.6 Å². The Morgan fingerprint density at radius 3 is 2.56 bits per heavy atom. The lowest BCUT2D eigenvalue weighted by atomic mass is 9.46. The fourth-order valence-electron chi connectivity index (χ4n) is 10.9. The molecule has 7 rings (SSSR count). The van der Waals surface area contributed by atoms with Gasteiger partial charge in [0, 0.05) is 11.3 Å². The molecule has 4 fully saturated rings. The minimum atomic E-state index is -4.84. The average molecular weight is 778 g/mol. The molecule has 5 aliphatic rings. The second kappa shape index (κ2) is 13.9. The Kier molecular flexibility index (Phi) is 10.3. The number of hydrogen-bond acceptors (Lipinski definition) is 14. The third kappa shape index (κ3) is 6.67. The van der Waals surface area contributed by atoms with Crippen molar-refractivity contribution in [3.05, 3.63) is 24.3 Å². The molecule has 3 heterocycles. The highest BCUT2D eigenvalue weighted by Gasteiger charge is 2.67. The summed E-state index contributed by atoms with van der Waals surface area (Å²) in [6.07, 6.45) is 2.20. The monoisotopic (exact) mass is 777 g/mol. The molecule has 1 aliphatic heterocycles. The Hall–Kier alpha value is -2.37. The summed E-state index contributed by atoms with van der Waals surface area (Å²) in [6.45, 7) is 8.82. The van der Waals surface area contributed by atoms with Crippen LogP contribution in [-0.2, 0) is 23.1 Å². The first-order valence-electron chi connectivity index (χ1n) is 19.2. The van der Waals surface area contributed by atoms with Crippen LogP contribution in [-0.4, -0.2) is 104 Å². The van der Waals surface area contributed by atoms with E-state index < -0.39 is 67.8 Å². The number of phosphoric acid groups is 1. The molecule has 1 unspecified atom stereocenters. The standard InChI is InChI=1S/C37H56N5O11P/c1-19(21-8-13-37(48)23-15-25(44)24-14-20(43)6-11-35(24,4)22(23)7-12-36(21,37)5)26(9-10-34(2,3)47)53-54(49,50)51-16-27-29(45)30(46)33(52-27)42-18-41-28-31(38)39-17-40-32(28)42/h15,17-22,24,26-27,29-30,33,43,45-48H,6-14,16H2,1-5H3,(H,49,50)(H2,38,39,40)/t19-,20-,21+,22-,24-,26+,27+,29+,30+,33+,35+,36+,37+/m0/s1. The number of nitrogens with zero attached hydrogens (tertiary/aromatic N) is 4. The molecule has 0 amide bonds. The van der Waals surface area contributed by atoms with Crippen molar-refractivity contribution >= 4 is 30.6 Å². The van der Waals surface area contributed by atoms with Crippen LogP contribution in [0.2, 0.25) is 0 Å². The van der Waals surface area contributed by atoms with Crippen LogP contribution >= 0.6 is 7.82 Å². The van der Waals surface area contributed by atoms with Crippen LogP contribution in [0.5, 0.6) is 0 Å². The number of carbonyl (C=O) groups is 1. The molecule has 1 saturated heterocycles. The van der Waals surface area contributed by atoms with E-state index in [0.29, 0.717) is 38.5 Å². The van der Waals surface area contributed by atoms with Gasteiger partial charge in [-0.1, -0.05) is 20.8 Å². The highest BCUT2D eigenvalue weighted by atomic mass is 31.2. The van der Waals surface area contributed by atoms with Crippen molar-refractivity contribution in [2.45, 2.75) is 140 Å². The minimum Gasteiger partial charge on any atom is -0.393 e. The number of aromatic nitrogens is 4. The largest absolute Gasteiger partial charge is 0.472 e. The summed E-state index contributed by atoms with van der Waals surface area (Å²) in [5.74, 6) is -0.738. The fourth-order valence-corrected chi connectivity index (χ4v) is 11.9. The molecule has 300 valence electrons. The fraction of sp³-hybridized carbons (Fsp3) is 0.784. The molecule has 0 aromatic carbocycles. The summed E-state index contributed by atoms with van der Waals surface area (Å²) in [5.41, 5.74) is 3.82. The maximum Gasteiger partial charge on any atom is 0.472 e. The second-order valence-electron chi connectivity index (χ2n) is 17.8. The number of phosphoric ester groups is 1. The number of aliphatic hydroxyl groups is 5. The summed E-state index contributed by atoms with van der Waals surface area (Å²) in [7, 11) is -4.84. The topological polar surface area (TPSA) is 253 Å². The molecule has 2 aromatic heterocycles. The Morgan fingerprint density at radius 1 is 1.09 bits per heavy atom. The number of rotatable bonds is 11. The summed E-state index contributed by atoms with van der Waals surface area (Å²) >= 11 is 0. The van der Waals surface area contributed by atoms with E-state index in [0.717, 1.165) is 12.0 Å². The van der Waals surface area contributed by atoms with E-state index in [4.69, 9.17) is 19.5 Å². The number of fused-ring (bicyclic) bond motifs is 6. The molecule has 0 radical (unpaired) electrons. The number of imidazole rings is 1. The zero-order valence-corrected chi connectivity index (χ0v) is 32.5. The number of nitrogen functional groups attached to an aromatic ring is 1. The van der Waals surface area contributed by atoms with Crippen molar-refractivity contribution in [3.63, 3.8) is 0 Å². The zero-order valence-electron chi connectivity index (χ0n) is 31.6. The van der Waals surface area contributed by atoms with E-state index in [2.05, 4.69) is 21.9 Å². The van der Waals surface area contributed by atoms with E-state index in [1.165, 1.54) is 17.2 Å². The van der Waals surface area contributed by atoms with Gasteiger partial charge in [0.2, 0.25) is 0 Å². The number of ether oxygens (including phenoxy) is 1. The quantitative estimate of drug-likeness (QED) is 0.162. The zero-order chi connectivity index (χ0) is 39.2. The number of nitrogens with two attached hydrogens (primary N) is 1. The molecule has 0 bridgehead atoms. The number of ketones is 1. The Labute approximate surface area is 314 Å². The maximum atomic E-state index is 13.7. The maximum absolute atomic E-state index is 13.7. The average Bonchev–Trinajstić information content (AvgIpc) is 3.74. The van der Waals surface area contributed by atoms with Gasteiger partial charge in [0.1, 0.15) is 30.2 Å². The van der Waals surface area contributed by atoms with Crippen LogP contribution < -0.4 is 5.73 Å². The first-order valence-corrected chi connectivity index (χ1v) is 20.7. The first-order chi connectivity index (χ1) is 25.2. The third-order valence-electron chi connectivity index (χ3n) is 14.1. The van der Waals surface area contributed by atoms with Crippen molar-refractivity contribution in [3.8, 4) is 0 Å². The van der Waals surface area contributed by atoms with E-state index in [1.54, 1.807) is 19.9 Å². The van der Waals surface area contributed by atoms with Crippen molar-refractivity contribution in [1.29, 1.82) is 0 Å². The summed E-state index contributed by atoms with van der Waals surface area (Å²) in [5, 5.41) is 55.5. The van der Waals surface area contributed by atoms with Crippen LogP contribution in [0.4, 0.5) is 5.82 Å². The molecule has 17 heteroatoms. The Balaban J connectivity index is 1.07. The van der Waals surface area contributed by atoms with Gasteiger partial charge < -0.3 is 40.9 Å². The molecular weight excluding hydrogens is 721 g/mol. The summed E-state index contributed by atoms with van der Waals surface area (Å²) in [6, 6.07) is 0. The molecule has 2 aromatic rings. The summed E-state index contributed by atoms with van der Waals surface area (Å²) in [4.78, 5) is 36.9. The van der Waals surface area contributed by atoms with E-state index in [1.807, 2.05) is 13.8 Å². The number of aliphatic hydroxyl groups excluding tert-OH is 3. The van der Waals surface area contributed by atoms with Gasteiger partial charge in [0.15, 0.2) is 23.5 Å². The smallest absolute Gasteiger partial charge is 0.393 e. The molecule has 4 aliphatic carbocycles. The molecule has 14 atom stereocenters. The van der Waals surface area contributed by atoms with E-state index in [-0.39, 0.29) is 64.7 Å². The van der Waals surface area contributed by atoms with Gasteiger partial charge in [0.25, 0.3) is 0 Å².